The van der Waals surface area contributed by atoms with Crippen LogP contribution in [-0.4, -0.2) is 41.6 Å². The van der Waals surface area contributed by atoms with E-state index in [4.69, 9.17) is 15.6 Å². The molecule has 0 unspecified atom stereocenters. The summed E-state index contributed by atoms with van der Waals surface area (Å²) >= 11 is 0. The smallest absolute Gasteiger partial charge is 0.335 e. The monoisotopic (exact) mass is 264 g/mol. The molecule has 0 spiro atoms. The standard InChI is InChI=1S/C13H16N2O4/c14-10-7-9(13(17)18)3-4-11(10)19-8-12(16)15-5-1-2-6-15/h3-4,7H,1-2,5-6,8,14H2,(H,17,18). The zero-order valence-corrected chi connectivity index (χ0v) is 10.5. The first-order valence-electron chi connectivity index (χ1n) is 6.11. The first-order chi connectivity index (χ1) is 9.08. The van der Waals surface area contributed by atoms with Crippen LogP contribution in [0, 0.1) is 0 Å². The topological polar surface area (TPSA) is 92.9 Å². The fourth-order valence-electron chi connectivity index (χ4n) is 2.01. The molecule has 2 rings (SSSR count). The van der Waals surface area contributed by atoms with E-state index in [9.17, 15) is 9.59 Å². The number of amides is 1. The molecule has 0 radical (unpaired) electrons. The van der Waals surface area contributed by atoms with Gasteiger partial charge in [-0.25, -0.2) is 4.79 Å². The molecule has 0 saturated carbocycles. The molecule has 3 N–H and O–H groups in total. The van der Waals surface area contributed by atoms with E-state index >= 15 is 0 Å². The zero-order chi connectivity index (χ0) is 13.8. The van der Waals surface area contributed by atoms with Gasteiger partial charge in [-0.3, -0.25) is 4.79 Å². The van der Waals surface area contributed by atoms with Crippen LogP contribution in [-0.2, 0) is 4.79 Å². The molecule has 1 fully saturated rings. The average Bonchev–Trinajstić information content (AvgIpc) is 2.90. The minimum atomic E-state index is -1.05. The summed E-state index contributed by atoms with van der Waals surface area (Å²) in [5.74, 6) is -0.789. The molecule has 0 bridgehead atoms. The third-order valence-electron chi connectivity index (χ3n) is 3.07. The molecule has 1 saturated heterocycles. The van der Waals surface area contributed by atoms with Crippen LogP contribution in [0.2, 0.25) is 0 Å². The first kappa shape index (κ1) is 13.2. The van der Waals surface area contributed by atoms with Gasteiger partial charge in [0, 0.05) is 13.1 Å². The van der Waals surface area contributed by atoms with Gasteiger partial charge in [-0.2, -0.15) is 0 Å². The highest BCUT2D eigenvalue weighted by Gasteiger charge is 2.18. The quantitative estimate of drug-likeness (QED) is 0.790. The largest absolute Gasteiger partial charge is 0.482 e. The van der Waals surface area contributed by atoms with E-state index in [-0.39, 0.29) is 23.8 Å². The van der Waals surface area contributed by atoms with Crippen molar-refractivity contribution in [3.63, 3.8) is 0 Å². The number of benzene rings is 1. The van der Waals surface area contributed by atoms with Gasteiger partial charge >= 0.3 is 5.97 Å². The van der Waals surface area contributed by atoms with Crippen LogP contribution in [0.25, 0.3) is 0 Å². The van der Waals surface area contributed by atoms with E-state index in [1.54, 1.807) is 4.90 Å². The highest BCUT2D eigenvalue weighted by molar-refractivity contribution is 5.89. The molecule has 0 aliphatic carbocycles. The van der Waals surface area contributed by atoms with Crippen LogP contribution in [0.1, 0.15) is 23.2 Å². The van der Waals surface area contributed by atoms with Gasteiger partial charge in [-0.1, -0.05) is 0 Å². The van der Waals surface area contributed by atoms with Crippen molar-refractivity contribution in [3.05, 3.63) is 23.8 Å². The summed E-state index contributed by atoms with van der Waals surface area (Å²) in [5, 5.41) is 8.80. The number of carboxylic acid groups (broad SMARTS) is 1. The Bertz CT molecular complexity index is 495. The molecule has 0 aromatic heterocycles. The number of anilines is 1. The minimum absolute atomic E-state index is 0.0702. The molecule has 19 heavy (non-hydrogen) atoms. The number of ether oxygens (including phenoxy) is 1. The van der Waals surface area contributed by atoms with Gasteiger partial charge in [0.1, 0.15) is 5.75 Å². The van der Waals surface area contributed by atoms with Crippen molar-refractivity contribution < 1.29 is 19.4 Å². The Balaban J connectivity index is 1.95. The number of carbonyl (C=O) groups excluding carboxylic acids is 1. The molecule has 102 valence electrons. The lowest BCUT2D eigenvalue weighted by molar-refractivity contribution is -0.132. The SMILES string of the molecule is Nc1cc(C(=O)O)ccc1OCC(=O)N1CCCC1. The summed E-state index contributed by atoms with van der Waals surface area (Å²) in [4.78, 5) is 24.3. The summed E-state index contributed by atoms with van der Waals surface area (Å²) in [7, 11) is 0. The number of nitrogens with zero attached hydrogens (tertiary/aromatic N) is 1. The number of nitrogens with two attached hydrogens (primary N) is 1. The van der Waals surface area contributed by atoms with Gasteiger partial charge in [0.2, 0.25) is 0 Å². The van der Waals surface area contributed by atoms with Crippen LogP contribution in [0.3, 0.4) is 0 Å². The Labute approximate surface area is 110 Å². The number of carboxylic acids is 1. The third-order valence-corrected chi connectivity index (χ3v) is 3.07. The Morgan fingerprint density at radius 1 is 1.32 bits per heavy atom. The van der Waals surface area contributed by atoms with Crippen molar-refractivity contribution in [1.82, 2.24) is 4.90 Å². The van der Waals surface area contributed by atoms with Crippen LogP contribution < -0.4 is 10.5 Å². The Kier molecular flexibility index (Phi) is 3.89. The summed E-state index contributed by atoms with van der Waals surface area (Å²) in [6.45, 7) is 1.47. The lowest BCUT2D eigenvalue weighted by Gasteiger charge is -2.16. The van der Waals surface area contributed by atoms with Gasteiger partial charge in [-0.05, 0) is 31.0 Å². The molecular formula is C13H16N2O4. The van der Waals surface area contributed by atoms with E-state index in [0.29, 0.717) is 5.75 Å². The van der Waals surface area contributed by atoms with E-state index in [2.05, 4.69) is 0 Å². The first-order valence-corrected chi connectivity index (χ1v) is 6.11. The van der Waals surface area contributed by atoms with Crippen LogP contribution >= 0.6 is 0 Å². The number of hydrogen-bond acceptors (Lipinski definition) is 4. The van der Waals surface area contributed by atoms with Crippen molar-refractivity contribution in [2.24, 2.45) is 0 Å². The number of nitrogen functional groups attached to an aromatic ring is 1. The molecule has 6 heteroatoms. The van der Waals surface area contributed by atoms with E-state index in [1.165, 1.54) is 18.2 Å². The van der Waals surface area contributed by atoms with Crippen molar-refractivity contribution in [1.29, 1.82) is 0 Å². The summed E-state index contributed by atoms with van der Waals surface area (Å²) in [6.07, 6.45) is 2.06. The van der Waals surface area contributed by atoms with Gasteiger partial charge in [-0.15, -0.1) is 0 Å². The second kappa shape index (κ2) is 5.60. The molecule has 0 atom stereocenters. The highest BCUT2D eigenvalue weighted by atomic mass is 16.5. The van der Waals surface area contributed by atoms with Crippen LogP contribution in [0.5, 0.6) is 5.75 Å². The van der Waals surface area contributed by atoms with Crippen molar-refractivity contribution in [2.75, 3.05) is 25.4 Å². The molecule has 1 amide bonds. The summed E-state index contributed by atoms with van der Waals surface area (Å²) in [5.41, 5.74) is 6.00. The predicted molar refractivity (Wildman–Crippen MR) is 69.1 cm³/mol. The molecule has 1 aliphatic rings. The number of aromatic carboxylic acids is 1. The molecule has 1 aromatic carbocycles. The van der Waals surface area contributed by atoms with Crippen LogP contribution in [0.4, 0.5) is 5.69 Å². The fraction of sp³-hybridized carbons (Fsp3) is 0.385. The average molecular weight is 264 g/mol. The van der Waals surface area contributed by atoms with Gasteiger partial charge in [0.15, 0.2) is 6.61 Å². The second-order valence-corrected chi connectivity index (χ2v) is 4.43. The molecule has 1 aromatic rings. The van der Waals surface area contributed by atoms with Crippen molar-refractivity contribution >= 4 is 17.6 Å². The van der Waals surface area contributed by atoms with E-state index in [1.807, 2.05) is 0 Å². The molecule has 1 aliphatic heterocycles. The minimum Gasteiger partial charge on any atom is -0.482 e. The van der Waals surface area contributed by atoms with E-state index < -0.39 is 5.97 Å². The maximum absolute atomic E-state index is 11.8. The lowest BCUT2D eigenvalue weighted by Crippen LogP contribution is -2.32. The molecule has 1 heterocycles. The molecular weight excluding hydrogens is 248 g/mol. The van der Waals surface area contributed by atoms with Gasteiger partial charge in [0.05, 0.1) is 11.3 Å². The number of likely N-dealkylation sites (tertiary alicyclic amines) is 1. The Morgan fingerprint density at radius 3 is 2.58 bits per heavy atom. The predicted octanol–water partition coefficient (Wildman–Crippen LogP) is 0.968. The third kappa shape index (κ3) is 3.15. The van der Waals surface area contributed by atoms with E-state index in [0.717, 1.165) is 25.9 Å². The Hall–Kier alpha value is -2.24. The number of rotatable bonds is 4. The second-order valence-electron chi connectivity index (χ2n) is 4.43. The van der Waals surface area contributed by atoms with Crippen LogP contribution in [0.15, 0.2) is 18.2 Å². The van der Waals surface area contributed by atoms with Gasteiger partial charge in [0.25, 0.3) is 5.91 Å². The maximum atomic E-state index is 11.8. The maximum Gasteiger partial charge on any atom is 0.335 e. The van der Waals surface area contributed by atoms with Gasteiger partial charge < -0.3 is 20.5 Å². The summed E-state index contributed by atoms with van der Waals surface area (Å²) < 4.78 is 5.34. The van der Waals surface area contributed by atoms with Crippen molar-refractivity contribution in [3.8, 4) is 5.75 Å². The fourth-order valence-corrected chi connectivity index (χ4v) is 2.01. The van der Waals surface area contributed by atoms with Crippen molar-refractivity contribution in [2.45, 2.75) is 12.8 Å². The zero-order valence-electron chi connectivity index (χ0n) is 10.5. The normalized spacial score (nSPS) is 14.4. The molecule has 6 nitrogen and oxygen atoms in total. The Morgan fingerprint density at radius 2 is 2.00 bits per heavy atom. The highest BCUT2D eigenvalue weighted by Crippen LogP contribution is 2.22. The number of hydrogen-bond donors (Lipinski definition) is 2. The lowest BCUT2D eigenvalue weighted by atomic mass is 10.2. The summed E-state index contributed by atoms with van der Waals surface area (Å²) in [6, 6.07) is 4.18. The number of carbonyl (C=O) groups is 2.